The van der Waals surface area contributed by atoms with Crippen LogP contribution >= 0.6 is 0 Å². The molecule has 0 aromatic heterocycles. The zero-order chi connectivity index (χ0) is 18.0. The van der Waals surface area contributed by atoms with Crippen LogP contribution < -0.4 is 29.6 Å². The number of aliphatic hydroxyl groups is 1. The number of ketones is 1. The van der Waals surface area contributed by atoms with Gasteiger partial charge in [0.15, 0.2) is 5.79 Å². The second-order valence-electron chi connectivity index (χ2n) is 7.84. The minimum atomic E-state index is -4.72. The van der Waals surface area contributed by atoms with Crippen molar-refractivity contribution in [2.24, 2.45) is 5.41 Å². The molecule has 1 aromatic carbocycles. The summed E-state index contributed by atoms with van der Waals surface area (Å²) in [4.78, 5) is 12.3. The Morgan fingerprint density at radius 2 is 1.88 bits per heavy atom. The number of rotatable bonds is 2. The van der Waals surface area contributed by atoms with Crippen molar-refractivity contribution in [2.75, 3.05) is 0 Å². The van der Waals surface area contributed by atoms with E-state index in [1.807, 2.05) is 12.1 Å². The zero-order valence-corrected chi connectivity index (χ0v) is 17.9. The van der Waals surface area contributed by atoms with Crippen LogP contribution in [-0.2, 0) is 38.6 Å². The molecule has 3 atom stereocenters. The molecule has 1 saturated carbocycles. The normalized spacial score (nSPS) is 33.0. The van der Waals surface area contributed by atoms with Crippen LogP contribution in [0.1, 0.15) is 62.2 Å². The molecule has 0 bridgehead atoms. The number of hydrogen-bond acceptors (Lipinski definition) is 5. The molecule has 1 fully saturated rings. The molecule has 2 N–H and O–H groups in total. The summed E-state index contributed by atoms with van der Waals surface area (Å²) in [5.74, 6) is -1.29. The van der Waals surface area contributed by atoms with Gasteiger partial charge in [0, 0.05) is 24.7 Å². The van der Waals surface area contributed by atoms with E-state index in [0.29, 0.717) is 18.6 Å². The van der Waals surface area contributed by atoms with Gasteiger partial charge in [0.25, 0.3) is 0 Å². The Morgan fingerprint density at radius 1 is 1.19 bits per heavy atom. The summed E-state index contributed by atoms with van der Waals surface area (Å²) in [6.07, 6.45) is 3.81. The average Bonchev–Trinajstić information content (AvgIpc) is 2.80. The van der Waals surface area contributed by atoms with Gasteiger partial charge in [0.2, 0.25) is 0 Å². The van der Waals surface area contributed by atoms with Gasteiger partial charge in [-0.1, -0.05) is 19.1 Å². The molecule has 0 amide bonds. The van der Waals surface area contributed by atoms with Crippen molar-refractivity contribution < 1.29 is 58.0 Å². The van der Waals surface area contributed by atoms with Crippen LogP contribution in [0.3, 0.4) is 0 Å². The Hall–Kier alpha value is -0.280. The Labute approximate surface area is 177 Å². The fraction of sp³-hybridized carbons (Fsp3) is 0.611. The molecule has 0 radical (unpaired) electrons. The summed E-state index contributed by atoms with van der Waals surface area (Å²) in [6, 6.07) is 3.92. The monoisotopic (exact) mass is 390 g/mol. The van der Waals surface area contributed by atoms with Gasteiger partial charge >= 0.3 is 40.0 Å². The van der Waals surface area contributed by atoms with Gasteiger partial charge in [-0.15, -0.1) is 0 Å². The van der Waals surface area contributed by atoms with Gasteiger partial charge < -0.3 is 6.53 Å². The maximum atomic E-state index is 12.3. The fourth-order valence-electron chi connectivity index (χ4n) is 5.10. The minimum Gasteiger partial charge on any atom is -1.00 e. The predicted octanol–water partition coefficient (Wildman–Crippen LogP) is -0.801. The van der Waals surface area contributed by atoms with Crippen LogP contribution in [0, 0.1) is 5.41 Å². The molecule has 0 heterocycles. The standard InChI is InChI=1S/C18H22O6S.Na.H/c1-17-8-6-13-12-7-9-18(20,24-25(21,22)23)10-11(12)2-3-14(13)15(17)4-5-16(17)19;;/h2-3,15,20H,4-10H2,1H3,(H,21,22,23);;/q;+1;-1/t15?,17-,18+;;/m0../s1. The van der Waals surface area contributed by atoms with E-state index >= 15 is 0 Å². The van der Waals surface area contributed by atoms with Crippen molar-refractivity contribution in [3.63, 3.8) is 0 Å². The molecule has 4 rings (SSSR count). The van der Waals surface area contributed by atoms with Crippen LogP contribution in [0.15, 0.2) is 12.1 Å². The molecule has 3 aliphatic carbocycles. The van der Waals surface area contributed by atoms with E-state index in [4.69, 9.17) is 4.55 Å². The topological polar surface area (TPSA) is 101 Å². The quantitative estimate of drug-likeness (QED) is 0.390. The molecule has 0 saturated heterocycles. The van der Waals surface area contributed by atoms with E-state index in [2.05, 4.69) is 11.1 Å². The van der Waals surface area contributed by atoms with Gasteiger partial charge in [-0.2, -0.15) is 8.42 Å². The molecule has 6 nitrogen and oxygen atoms in total. The first-order chi connectivity index (χ1) is 11.6. The Balaban J connectivity index is 0.00000131. The van der Waals surface area contributed by atoms with Crippen LogP contribution in [0.2, 0.25) is 0 Å². The first-order valence-corrected chi connectivity index (χ1v) is 10.1. The summed E-state index contributed by atoms with van der Waals surface area (Å²) < 4.78 is 35.4. The Morgan fingerprint density at radius 3 is 2.58 bits per heavy atom. The number of hydrogen-bond donors (Lipinski definition) is 2. The van der Waals surface area contributed by atoms with E-state index in [0.717, 1.165) is 30.4 Å². The van der Waals surface area contributed by atoms with Gasteiger partial charge in [0.1, 0.15) is 5.78 Å². The van der Waals surface area contributed by atoms with Crippen LogP contribution in [0.5, 0.6) is 0 Å². The third-order valence-electron chi connectivity index (χ3n) is 6.39. The predicted molar refractivity (Wildman–Crippen MR) is 90.6 cm³/mol. The van der Waals surface area contributed by atoms with Crippen LogP contribution in [-0.4, -0.2) is 29.6 Å². The molecule has 1 unspecified atom stereocenters. The summed E-state index contributed by atoms with van der Waals surface area (Å²) in [6.45, 7) is 2.08. The fourth-order valence-corrected chi connectivity index (χ4v) is 5.64. The summed E-state index contributed by atoms with van der Waals surface area (Å²) >= 11 is 0. The number of fused-ring (bicyclic) bond motifs is 5. The molecule has 138 valence electrons. The van der Waals surface area contributed by atoms with Crippen molar-refractivity contribution in [1.82, 2.24) is 0 Å². The van der Waals surface area contributed by atoms with Crippen molar-refractivity contribution in [3.05, 3.63) is 34.4 Å². The van der Waals surface area contributed by atoms with Gasteiger partial charge in [-0.25, -0.2) is 4.18 Å². The van der Waals surface area contributed by atoms with Crippen molar-refractivity contribution >= 4 is 16.2 Å². The third kappa shape index (κ3) is 3.32. The van der Waals surface area contributed by atoms with Crippen LogP contribution in [0.4, 0.5) is 0 Å². The number of carbonyl (C=O) groups excluding carboxylic acids is 1. The van der Waals surface area contributed by atoms with Gasteiger partial charge in [-0.3, -0.25) is 9.35 Å². The second-order valence-corrected chi connectivity index (χ2v) is 8.86. The van der Waals surface area contributed by atoms with Gasteiger partial charge in [0.05, 0.1) is 0 Å². The molecule has 1 aromatic rings. The first kappa shape index (κ1) is 20.5. The minimum absolute atomic E-state index is 0. The molecule has 0 spiro atoms. The van der Waals surface area contributed by atoms with Crippen molar-refractivity contribution in [2.45, 2.75) is 63.6 Å². The maximum absolute atomic E-state index is 12.3. The number of Topliss-reactive ketones (excluding diaryl/α,β-unsaturated/α-hetero) is 1. The number of benzene rings is 1. The van der Waals surface area contributed by atoms with E-state index in [1.165, 1.54) is 11.1 Å². The van der Waals surface area contributed by atoms with Gasteiger partial charge in [-0.05, 0) is 53.9 Å². The van der Waals surface area contributed by atoms with E-state index in [9.17, 15) is 18.3 Å². The van der Waals surface area contributed by atoms with Crippen molar-refractivity contribution in [3.8, 4) is 0 Å². The first-order valence-electron chi connectivity index (χ1n) is 8.69. The molecule has 8 heteroatoms. The summed E-state index contributed by atoms with van der Waals surface area (Å²) in [5.41, 5.74) is 4.22. The van der Waals surface area contributed by atoms with Crippen molar-refractivity contribution in [1.29, 1.82) is 0 Å². The second kappa shape index (κ2) is 6.65. The molecule has 26 heavy (non-hydrogen) atoms. The van der Waals surface area contributed by atoms with E-state index in [1.54, 1.807) is 0 Å². The number of carbonyl (C=O) groups is 1. The van der Waals surface area contributed by atoms with Crippen LogP contribution in [0.25, 0.3) is 0 Å². The Bertz CT molecular complexity index is 873. The molecular weight excluding hydrogens is 367 g/mol. The Kier molecular flexibility index (Phi) is 5.23. The largest absolute Gasteiger partial charge is 1.00 e. The summed E-state index contributed by atoms with van der Waals surface area (Å²) in [5, 5.41) is 10.4. The SMILES string of the molecule is C[C@]12CCc3c(ccc4c3CC[C@@](O)(OS(=O)(=O)O)C4)C1CCC2=O.[H-].[Na+]. The molecular formula is C18H23NaO6S. The average molecular weight is 390 g/mol. The molecule has 0 aliphatic heterocycles. The zero-order valence-electron chi connectivity index (χ0n) is 16.1. The maximum Gasteiger partial charge on any atom is 1.00 e. The van der Waals surface area contributed by atoms with E-state index in [-0.39, 0.29) is 55.2 Å². The smallest absolute Gasteiger partial charge is 1.00 e. The summed E-state index contributed by atoms with van der Waals surface area (Å²) in [7, 11) is -4.72. The van der Waals surface area contributed by atoms with E-state index < -0.39 is 16.2 Å². The third-order valence-corrected chi connectivity index (χ3v) is 6.91. The molecule has 3 aliphatic rings.